The van der Waals surface area contributed by atoms with Gasteiger partial charge in [0.2, 0.25) is 0 Å². The number of nitrogens with zero attached hydrogens (tertiary/aromatic N) is 2. The highest BCUT2D eigenvalue weighted by Crippen LogP contribution is 2.27. The van der Waals surface area contributed by atoms with Gasteiger partial charge >= 0.3 is 11.9 Å². The topological polar surface area (TPSA) is 49.9 Å². The van der Waals surface area contributed by atoms with Gasteiger partial charge in [0.1, 0.15) is 0 Å². The van der Waals surface area contributed by atoms with Crippen molar-refractivity contribution in [2.24, 2.45) is 0 Å². The summed E-state index contributed by atoms with van der Waals surface area (Å²) >= 11 is 0. The molecule has 5 nitrogen and oxygen atoms in total. The van der Waals surface area contributed by atoms with Crippen molar-refractivity contribution in [2.75, 3.05) is 33.3 Å². The summed E-state index contributed by atoms with van der Waals surface area (Å²) in [4.78, 5) is 26.4. The van der Waals surface area contributed by atoms with Gasteiger partial charge in [-0.05, 0) is 12.8 Å². The first kappa shape index (κ1) is 10.4. The Morgan fingerprint density at radius 1 is 1.13 bits per heavy atom. The Balaban J connectivity index is 1.81. The lowest BCUT2D eigenvalue weighted by molar-refractivity contribution is -0.159. The van der Waals surface area contributed by atoms with Crippen LogP contribution >= 0.6 is 0 Å². The fourth-order valence-corrected chi connectivity index (χ4v) is 1.95. The third-order valence-electron chi connectivity index (χ3n) is 3.02. The van der Waals surface area contributed by atoms with Crippen LogP contribution in [0.3, 0.4) is 0 Å². The molecule has 0 aromatic heterocycles. The van der Waals surface area contributed by atoms with Gasteiger partial charge in [-0.3, -0.25) is 9.69 Å². The van der Waals surface area contributed by atoms with Gasteiger partial charge in [0.05, 0.1) is 7.11 Å². The van der Waals surface area contributed by atoms with E-state index in [9.17, 15) is 9.59 Å². The zero-order valence-electron chi connectivity index (χ0n) is 8.94. The molecule has 15 heavy (non-hydrogen) atoms. The van der Waals surface area contributed by atoms with Crippen LogP contribution in [0.1, 0.15) is 12.8 Å². The third-order valence-corrected chi connectivity index (χ3v) is 3.02. The molecule has 2 rings (SSSR count). The fraction of sp³-hybridized carbons (Fsp3) is 0.800. The zero-order valence-corrected chi connectivity index (χ0v) is 8.94. The molecule has 1 saturated heterocycles. The maximum absolute atomic E-state index is 11.5. The lowest BCUT2D eigenvalue weighted by atomic mass is 10.3. The summed E-state index contributed by atoms with van der Waals surface area (Å²) in [5, 5.41) is 0. The van der Waals surface area contributed by atoms with E-state index in [0.717, 1.165) is 19.1 Å². The summed E-state index contributed by atoms with van der Waals surface area (Å²) in [7, 11) is 1.24. The Bertz CT molecular complexity index is 268. The molecule has 0 aromatic carbocycles. The summed E-state index contributed by atoms with van der Waals surface area (Å²) in [5.41, 5.74) is 0. The average molecular weight is 212 g/mol. The Kier molecular flexibility index (Phi) is 2.90. The van der Waals surface area contributed by atoms with Crippen LogP contribution in [0.5, 0.6) is 0 Å². The minimum absolute atomic E-state index is 0.507. The Morgan fingerprint density at radius 2 is 1.73 bits per heavy atom. The van der Waals surface area contributed by atoms with E-state index in [4.69, 9.17) is 0 Å². The minimum atomic E-state index is -0.755. The van der Waals surface area contributed by atoms with Gasteiger partial charge in [-0.15, -0.1) is 0 Å². The summed E-state index contributed by atoms with van der Waals surface area (Å²) in [6.07, 6.45) is 2.57. The molecule has 1 aliphatic heterocycles. The van der Waals surface area contributed by atoms with Crippen molar-refractivity contribution in [1.29, 1.82) is 0 Å². The molecule has 0 aromatic rings. The van der Waals surface area contributed by atoms with E-state index in [-0.39, 0.29) is 0 Å². The largest absolute Gasteiger partial charge is 0.462 e. The summed E-state index contributed by atoms with van der Waals surface area (Å²) in [6.45, 7) is 3.05. The molecule has 5 heteroatoms. The number of hydrogen-bond acceptors (Lipinski definition) is 4. The molecule has 1 aliphatic carbocycles. The maximum atomic E-state index is 11.5. The van der Waals surface area contributed by atoms with Crippen LogP contribution in [0.4, 0.5) is 0 Å². The fourth-order valence-electron chi connectivity index (χ4n) is 1.95. The molecule has 0 atom stereocenters. The molecule has 1 heterocycles. The highest BCUT2D eigenvalue weighted by molar-refractivity contribution is 6.32. The number of ether oxygens (including phenoxy) is 1. The van der Waals surface area contributed by atoms with Crippen molar-refractivity contribution >= 4 is 11.9 Å². The van der Waals surface area contributed by atoms with Crippen LogP contribution in [0.15, 0.2) is 0 Å². The first-order valence-corrected chi connectivity index (χ1v) is 5.33. The third kappa shape index (κ3) is 2.28. The van der Waals surface area contributed by atoms with E-state index in [1.165, 1.54) is 20.0 Å². The second kappa shape index (κ2) is 4.18. The molecule has 0 N–H and O–H groups in total. The number of hydrogen-bond donors (Lipinski definition) is 0. The predicted octanol–water partition coefficient (Wildman–Crippen LogP) is -0.534. The molecule has 84 valence electrons. The number of rotatable bonds is 1. The zero-order chi connectivity index (χ0) is 10.8. The Labute approximate surface area is 89.0 Å². The van der Waals surface area contributed by atoms with Crippen LogP contribution in [0.25, 0.3) is 0 Å². The maximum Gasteiger partial charge on any atom is 0.396 e. The predicted molar refractivity (Wildman–Crippen MR) is 53.2 cm³/mol. The molecule has 0 radical (unpaired) electrons. The van der Waals surface area contributed by atoms with Crippen LogP contribution < -0.4 is 0 Å². The van der Waals surface area contributed by atoms with Gasteiger partial charge in [-0.2, -0.15) is 0 Å². The smallest absolute Gasteiger partial charge is 0.396 e. The molecule has 0 bridgehead atoms. The molecule has 0 unspecified atom stereocenters. The lowest BCUT2D eigenvalue weighted by Crippen LogP contribution is -2.51. The number of carbonyl (C=O) groups excluding carboxylic acids is 2. The highest BCUT2D eigenvalue weighted by Gasteiger charge is 2.33. The van der Waals surface area contributed by atoms with Gasteiger partial charge < -0.3 is 9.64 Å². The van der Waals surface area contributed by atoms with Crippen LogP contribution in [0.2, 0.25) is 0 Å². The number of esters is 1. The van der Waals surface area contributed by atoms with Crippen molar-refractivity contribution in [2.45, 2.75) is 18.9 Å². The number of carbonyl (C=O) groups is 2. The van der Waals surface area contributed by atoms with Crippen molar-refractivity contribution in [3.63, 3.8) is 0 Å². The van der Waals surface area contributed by atoms with E-state index >= 15 is 0 Å². The van der Waals surface area contributed by atoms with Gasteiger partial charge in [0.15, 0.2) is 0 Å². The van der Waals surface area contributed by atoms with E-state index in [0.29, 0.717) is 13.1 Å². The van der Waals surface area contributed by atoms with E-state index in [1.54, 1.807) is 4.90 Å². The van der Waals surface area contributed by atoms with Crippen molar-refractivity contribution in [3.8, 4) is 0 Å². The second-order valence-corrected chi connectivity index (χ2v) is 4.05. The number of piperazine rings is 1. The van der Waals surface area contributed by atoms with E-state index in [2.05, 4.69) is 9.64 Å². The summed E-state index contributed by atoms with van der Waals surface area (Å²) in [6, 6.07) is 0.736. The molecule has 0 spiro atoms. The summed E-state index contributed by atoms with van der Waals surface area (Å²) < 4.78 is 4.41. The average Bonchev–Trinajstić information content (AvgIpc) is 3.11. The lowest BCUT2D eigenvalue weighted by Gasteiger charge is -2.34. The molecule has 2 fully saturated rings. The minimum Gasteiger partial charge on any atom is -0.462 e. The van der Waals surface area contributed by atoms with Gasteiger partial charge in [-0.1, -0.05) is 0 Å². The van der Waals surface area contributed by atoms with Crippen LogP contribution in [0, 0.1) is 0 Å². The van der Waals surface area contributed by atoms with Gasteiger partial charge in [-0.25, -0.2) is 4.79 Å². The molecular weight excluding hydrogens is 196 g/mol. The molecule has 1 amide bonds. The monoisotopic (exact) mass is 212 g/mol. The number of amides is 1. The van der Waals surface area contributed by atoms with Crippen molar-refractivity contribution in [3.05, 3.63) is 0 Å². The Morgan fingerprint density at radius 3 is 2.20 bits per heavy atom. The van der Waals surface area contributed by atoms with E-state index in [1.807, 2.05) is 0 Å². The van der Waals surface area contributed by atoms with Crippen LogP contribution in [-0.2, 0) is 14.3 Å². The first-order valence-electron chi connectivity index (χ1n) is 5.33. The van der Waals surface area contributed by atoms with E-state index < -0.39 is 11.9 Å². The number of methoxy groups -OCH3 is 1. The quantitative estimate of drug-likeness (QED) is 0.433. The summed E-state index contributed by atoms with van der Waals surface area (Å²) in [5.74, 6) is -1.26. The first-order chi connectivity index (χ1) is 7.22. The standard InChI is InChI=1S/C10H16N2O3/c1-15-10(14)9(13)12-6-4-11(5-7-12)8-2-3-8/h8H,2-7H2,1H3. The highest BCUT2D eigenvalue weighted by atomic mass is 16.5. The Hall–Kier alpha value is -1.10. The SMILES string of the molecule is COC(=O)C(=O)N1CCN(C2CC2)CC1. The van der Waals surface area contributed by atoms with Crippen LogP contribution in [-0.4, -0.2) is 61.0 Å². The normalized spacial score (nSPS) is 22.6. The molecular formula is C10H16N2O3. The van der Waals surface area contributed by atoms with Crippen molar-refractivity contribution in [1.82, 2.24) is 9.80 Å². The van der Waals surface area contributed by atoms with Gasteiger partial charge in [0, 0.05) is 32.2 Å². The second-order valence-electron chi connectivity index (χ2n) is 4.05. The molecule has 1 saturated carbocycles. The van der Waals surface area contributed by atoms with Gasteiger partial charge in [0.25, 0.3) is 0 Å². The molecule has 2 aliphatic rings. The van der Waals surface area contributed by atoms with Crippen molar-refractivity contribution < 1.29 is 14.3 Å².